The zero-order valence-corrected chi connectivity index (χ0v) is 18.4. The molecule has 0 bridgehead atoms. The second kappa shape index (κ2) is 10.2. The number of carbonyl (C=O) groups excluding carboxylic acids is 1. The highest BCUT2D eigenvalue weighted by Gasteiger charge is 2.21. The molecule has 1 saturated heterocycles. The summed E-state index contributed by atoms with van der Waals surface area (Å²) in [6.45, 7) is 3.72. The highest BCUT2D eigenvalue weighted by atomic mass is 35.5. The second-order valence-corrected chi connectivity index (χ2v) is 8.53. The molecule has 0 atom stereocenters. The van der Waals surface area contributed by atoms with Crippen LogP contribution in [-0.2, 0) is 11.2 Å². The van der Waals surface area contributed by atoms with Gasteiger partial charge < -0.3 is 14.2 Å². The zero-order valence-electron chi connectivity index (χ0n) is 16.8. The van der Waals surface area contributed by atoms with Crippen LogP contribution in [0.25, 0.3) is 10.7 Å². The van der Waals surface area contributed by atoms with Crippen LogP contribution in [0, 0.1) is 5.82 Å². The van der Waals surface area contributed by atoms with E-state index in [1.54, 1.807) is 16.2 Å². The first-order chi connectivity index (χ1) is 15.1. The number of hydrogen-bond acceptors (Lipinski definition) is 7. The van der Waals surface area contributed by atoms with Crippen LogP contribution >= 0.6 is 22.9 Å². The van der Waals surface area contributed by atoms with Gasteiger partial charge in [-0.15, -0.1) is 11.3 Å². The van der Waals surface area contributed by atoms with Gasteiger partial charge in [0.05, 0.1) is 9.90 Å². The Balaban J connectivity index is 1.15. The number of amides is 1. The summed E-state index contributed by atoms with van der Waals surface area (Å²) in [5, 5.41) is 5.99. The van der Waals surface area contributed by atoms with Crippen molar-refractivity contribution < 1.29 is 18.4 Å². The molecule has 2 aromatic heterocycles. The lowest BCUT2D eigenvalue weighted by Crippen LogP contribution is -2.50. The normalized spacial score (nSPS) is 14.7. The minimum atomic E-state index is -0.515. The van der Waals surface area contributed by atoms with Crippen molar-refractivity contribution in [2.24, 2.45) is 0 Å². The van der Waals surface area contributed by atoms with Crippen LogP contribution in [0.15, 0.2) is 40.2 Å². The van der Waals surface area contributed by atoms with E-state index in [1.807, 2.05) is 17.5 Å². The third kappa shape index (κ3) is 5.81. The van der Waals surface area contributed by atoms with Gasteiger partial charge in [0.1, 0.15) is 11.6 Å². The molecule has 1 aliphatic heterocycles. The maximum atomic E-state index is 13.2. The monoisotopic (exact) mass is 464 g/mol. The predicted octanol–water partition coefficient (Wildman–Crippen LogP) is 3.75. The molecule has 0 radical (unpaired) electrons. The Kier molecular flexibility index (Phi) is 7.16. The fraction of sp³-hybridized carbons (Fsp3) is 0.381. The van der Waals surface area contributed by atoms with Gasteiger partial charge in [-0.1, -0.05) is 22.8 Å². The van der Waals surface area contributed by atoms with Gasteiger partial charge in [0.2, 0.25) is 11.7 Å². The van der Waals surface area contributed by atoms with E-state index in [1.165, 1.54) is 18.2 Å². The Morgan fingerprint density at radius 1 is 1.26 bits per heavy atom. The summed E-state index contributed by atoms with van der Waals surface area (Å²) in [5.41, 5.74) is 0. The Morgan fingerprint density at radius 2 is 2.10 bits per heavy atom. The summed E-state index contributed by atoms with van der Waals surface area (Å²) in [6, 6.07) is 7.98. The van der Waals surface area contributed by atoms with Crippen LogP contribution in [0.4, 0.5) is 4.39 Å². The molecule has 4 rings (SSSR count). The van der Waals surface area contributed by atoms with Gasteiger partial charge in [0.15, 0.2) is 6.61 Å². The van der Waals surface area contributed by atoms with E-state index >= 15 is 0 Å². The molecule has 7 nitrogen and oxygen atoms in total. The van der Waals surface area contributed by atoms with E-state index < -0.39 is 5.82 Å². The van der Waals surface area contributed by atoms with Crippen molar-refractivity contribution in [2.75, 3.05) is 39.3 Å². The fourth-order valence-corrected chi connectivity index (χ4v) is 4.16. The van der Waals surface area contributed by atoms with E-state index in [2.05, 4.69) is 15.0 Å². The first-order valence-electron chi connectivity index (χ1n) is 10.0. The maximum absolute atomic E-state index is 13.2. The van der Waals surface area contributed by atoms with Crippen LogP contribution in [0.3, 0.4) is 0 Å². The minimum Gasteiger partial charge on any atom is -0.484 e. The Morgan fingerprint density at radius 3 is 2.84 bits per heavy atom. The number of thiophene rings is 1. The first kappa shape index (κ1) is 21.7. The molecule has 10 heteroatoms. The van der Waals surface area contributed by atoms with Crippen LogP contribution in [0.2, 0.25) is 5.02 Å². The lowest BCUT2D eigenvalue weighted by atomic mass is 10.2. The molecule has 0 aliphatic carbocycles. The summed E-state index contributed by atoms with van der Waals surface area (Å²) in [5.74, 6) is 1.06. The first-order valence-corrected chi connectivity index (χ1v) is 11.3. The number of rotatable bonds is 8. The number of aryl methyl sites for hydroxylation is 1. The van der Waals surface area contributed by atoms with E-state index in [0.717, 1.165) is 37.4 Å². The summed E-state index contributed by atoms with van der Waals surface area (Å²) in [6.07, 6.45) is 1.64. The van der Waals surface area contributed by atoms with Gasteiger partial charge in [-0.05, 0) is 36.5 Å². The van der Waals surface area contributed by atoms with Crippen molar-refractivity contribution in [3.8, 4) is 16.5 Å². The molecule has 1 aliphatic rings. The topological polar surface area (TPSA) is 71.7 Å². The number of carbonyl (C=O) groups is 1. The highest BCUT2D eigenvalue weighted by Crippen LogP contribution is 2.22. The van der Waals surface area contributed by atoms with Gasteiger partial charge in [-0.3, -0.25) is 9.69 Å². The molecule has 1 amide bonds. The van der Waals surface area contributed by atoms with Gasteiger partial charge in [-0.2, -0.15) is 4.98 Å². The van der Waals surface area contributed by atoms with Crippen molar-refractivity contribution in [1.29, 1.82) is 0 Å². The van der Waals surface area contributed by atoms with E-state index in [-0.39, 0.29) is 17.5 Å². The average molecular weight is 465 g/mol. The summed E-state index contributed by atoms with van der Waals surface area (Å²) < 4.78 is 24.0. The van der Waals surface area contributed by atoms with Crippen molar-refractivity contribution in [3.05, 3.63) is 52.4 Å². The maximum Gasteiger partial charge on any atom is 0.260 e. The molecule has 0 N–H and O–H groups in total. The van der Waals surface area contributed by atoms with Crippen LogP contribution in [0.5, 0.6) is 5.75 Å². The zero-order chi connectivity index (χ0) is 21.6. The van der Waals surface area contributed by atoms with Crippen LogP contribution in [-0.4, -0.2) is 65.2 Å². The number of halogens is 2. The molecular formula is C21H22ClFN4O3S. The molecule has 0 unspecified atom stereocenters. The summed E-state index contributed by atoms with van der Waals surface area (Å²) in [4.78, 5) is 21.9. The van der Waals surface area contributed by atoms with Crippen molar-refractivity contribution in [3.63, 3.8) is 0 Å². The van der Waals surface area contributed by atoms with Crippen molar-refractivity contribution >= 4 is 28.8 Å². The van der Waals surface area contributed by atoms with Crippen molar-refractivity contribution in [1.82, 2.24) is 19.9 Å². The predicted molar refractivity (Wildman–Crippen MR) is 116 cm³/mol. The van der Waals surface area contributed by atoms with E-state index in [0.29, 0.717) is 30.6 Å². The number of nitrogens with zero attached hydrogens (tertiary/aromatic N) is 4. The molecule has 0 spiro atoms. The molecule has 3 heterocycles. The Labute approximate surface area is 188 Å². The van der Waals surface area contributed by atoms with E-state index in [4.69, 9.17) is 20.9 Å². The molecular weight excluding hydrogens is 443 g/mol. The van der Waals surface area contributed by atoms with Gasteiger partial charge in [0, 0.05) is 38.7 Å². The van der Waals surface area contributed by atoms with E-state index in [9.17, 15) is 9.18 Å². The van der Waals surface area contributed by atoms with Crippen LogP contribution in [0.1, 0.15) is 12.3 Å². The molecule has 1 fully saturated rings. The van der Waals surface area contributed by atoms with Crippen molar-refractivity contribution in [2.45, 2.75) is 12.8 Å². The standard InChI is InChI=1S/C21H22ClFN4O3S/c22-16-13-15(5-6-17(16)23)29-14-20(28)27-10-8-26(9-11-27)7-1-4-19-24-21(25-30-19)18-3-2-12-31-18/h2-3,5-6,12-13H,1,4,7-11,14H2. The summed E-state index contributed by atoms with van der Waals surface area (Å²) in [7, 11) is 0. The Hall–Kier alpha value is -2.49. The third-order valence-electron chi connectivity index (χ3n) is 5.05. The third-order valence-corrected chi connectivity index (χ3v) is 6.21. The quantitative estimate of drug-likeness (QED) is 0.505. The highest BCUT2D eigenvalue weighted by molar-refractivity contribution is 7.13. The van der Waals surface area contributed by atoms with Gasteiger partial charge in [0.25, 0.3) is 5.91 Å². The molecule has 164 valence electrons. The lowest BCUT2D eigenvalue weighted by molar-refractivity contribution is -0.135. The number of aromatic nitrogens is 2. The number of benzene rings is 1. The van der Waals surface area contributed by atoms with Gasteiger partial charge in [-0.25, -0.2) is 4.39 Å². The summed E-state index contributed by atoms with van der Waals surface area (Å²) >= 11 is 7.32. The average Bonchev–Trinajstić information content (AvgIpc) is 3.47. The number of piperazine rings is 1. The minimum absolute atomic E-state index is 0.0261. The molecule has 1 aromatic carbocycles. The second-order valence-electron chi connectivity index (χ2n) is 7.18. The smallest absolute Gasteiger partial charge is 0.260 e. The number of ether oxygens (including phenoxy) is 1. The molecule has 31 heavy (non-hydrogen) atoms. The molecule has 0 saturated carbocycles. The SMILES string of the molecule is O=C(COc1ccc(F)c(Cl)c1)N1CCN(CCCc2nc(-c3cccs3)no2)CC1. The lowest BCUT2D eigenvalue weighted by Gasteiger charge is -2.34. The largest absolute Gasteiger partial charge is 0.484 e. The molecule has 3 aromatic rings. The number of hydrogen-bond donors (Lipinski definition) is 0. The van der Waals surface area contributed by atoms with Gasteiger partial charge >= 0.3 is 0 Å². The van der Waals surface area contributed by atoms with Crippen LogP contribution < -0.4 is 4.74 Å². The Bertz CT molecular complexity index is 1010. The fourth-order valence-electron chi connectivity index (χ4n) is 3.34.